The van der Waals surface area contributed by atoms with Crippen LogP contribution in [0.3, 0.4) is 0 Å². The standard InChI is InChI=1S/C16H22N6O2S.CH2O2/c1-2-4-13-20-21-16(25-13)22-10-11(9-14(22)23)15(24)19-6-3-5-12-17-7-8-18-12;2-1-3/h7-8,11H,2-6,9-10H2,1H3,(H,17,18)(H,19,24);1H,(H,2,3). The number of imidazole rings is 1. The minimum absolute atomic E-state index is 0.0602. The molecule has 0 spiro atoms. The molecule has 1 fully saturated rings. The molecule has 1 atom stereocenters. The Balaban J connectivity index is 0.000000878. The summed E-state index contributed by atoms with van der Waals surface area (Å²) in [5, 5.41) is 19.5. The van der Waals surface area contributed by atoms with Gasteiger partial charge in [-0.1, -0.05) is 18.3 Å². The van der Waals surface area contributed by atoms with Gasteiger partial charge in [0.15, 0.2) is 0 Å². The molecule has 3 heterocycles. The third-order valence-electron chi connectivity index (χ3n) is 4.09. The normalized spacial score (nSPS) is 15.8. The van der Waals surface area contributed by atoms with Gasteiger partial charge in [-0.05, 0) is 12.8 Å². The van der Waals surface area contributed by atoms with Crippen molar-refractivity contribution < 1.29 is 19.5 Å². The zero-order chi connectivity index (χ0) is 20.4. The molecule has 11 heteroatoms. The van der Waals surface area contributed by atoms with E-state index < -0.39 is 0 Å². The van der Waals surface area contributed by atoms with Gasteiger partial charge in [0, 0.05) is 44.7 Å². The number of rotatable bonds is 8. The first-order chi connectivity index (χ1) is 13.6. The molecular formula is C17H24N6O4S. The highest BCUT2D eigenvalue weighted by molar-refractivity contribution is 7.15. The van der Waals surface area contributed by atoms with Crippen LogP contribution in [0, 0.1) is 5.92 Å². The number of anilines is 1. The molecular weight excluding hydrogens is 384 g/mol. The second-order valence-corrected chi connectivity index (χ2v) is 7.21. The fourth-order valence-corrected chi connectivity index (χ4v) is 3.75. The van der Waals surface area contributed by atoms with Crippen LogP contribution in [-0.2, 0) is 27.2 Å². The summed E-state index contributed by atoms with van der Waals surface area (Å²) in [7, 11) is 0. The Morgan fingerprint density at radius 1 is 1.46 bits per heavy atom. The molecule has 0 aromatic carbocycles. The third kappa shape index (κ3) is 6.12. The monoisotopic (exact) mass is 408 g/mol. The Hall–Kier alpha value is -2.82. The number of nitrogens with zero attached hydrogens (tertiary/aromatic N) is 4. The van der Waals surface area contributed by atoms with Crippen molar-refractivity contribution in [2.45, 2.75) is 39.0 Å². The molecule has 1 aliphatic rings. The van der Waals surface area contributed by atoms with E-state index in [4.69, 9.17) is 9.90 Å². The Morgan fingerprint density at radius 3 is 2.93 bits per heavy atom. The molecule has 3 rings (SSSR count). The molecule has 1 saturated heterocycles. The van der Waals surface area contributed by atoms with E-state index in [0.29, 0.717) is 18.2 Å². The average Bonchev–Trinajstić information content (AvgIpc) is 3.40. The fraction of sp³-hybridized carbons (Fsp3) is 0.529. The zero-order valence-corrected chi connectivity index (χ0v) is 16.4. The van der Waals surface area contributed by atoms with Gasteiger partial charge in [0.25, 0.3) is 6.47 Å². The van der Waals surface area contributed by atoms with Gasteiger partial charge in [0.2, 0.25) is 16.9 Å². The number of aromatic nitrogens is 4. The molecule has 3 N–H and O–H groups in total. The Bertz CT molecular complexity index is 764. The molecule has 2 aromatic rings. The van der Waals surface area contributed by atoms with Gasteiger partial charge in [-0.3, -0.25) is 19.3 Å². The van der Waals surface area contributed by atoms with Gasteiger partial charge in [-0.15, -0.1) is 10.2 Å². The van der Waals surface area contributed by atoms with Crippen molar-refractivity contribution in [2.24, 2.45) is 5.92 Å². The Labute approximate surface area is 166 Å². The van der Waals surface area contributed by atoms with Gasteiger partial charge < -0.3 is 15.4 Å². The van der Waals surface area contributed by atoms with E-state index in [0.717, 1.165) is 36.5 Å². The smallest absolute Gasteiger partial charge is 0.290 e. The van der Waals surface area contributed by atoms with Crippen molar-refractivity contribution >= 4 is 34.8 Å². The predicted molar refractivity (Wildman–Crippen MR) is 103 cm³/mol. The molecule has 0 bridgehead atoms. The van der Waals surface area contributed by atoms with E-state index in [1.165, 1.54) is 11.3 Å². The van der Waals surface area contributed by atoms with E-state index in [9.17, 15) is 9.59 Å². The maximum absolute atomic E-state index is 12.3. The topological polar surface area (TPSA) is 141 Å². The summed E-state index contributed by atoms with van der Waals surface area (Å²) < 4.78 is 0. The van der Waals surface area contributed by atoms with Crippen LogP contribution in [-0.4, -0.2) is 56.6 Å². The highest BCUT2D eigenvalue weighted by atomic mass is 32.1. The summed E-state index contributed by atoms with van der Waals surface area (Å²) in [4.78, 5) is 41.6. The molecule has 0 radical (unpaired) electrons. The second kappa shape index (κ2) is 11.1. The SMILES string of the molecule is CCCc1nnc(N2CC(C(=O)NCCCc3ncc[nH]3)CC2=O)s1.O=CO. The molecule has 1 unspecified atom stereocenters. The lowest BCUT2D eigenvalue weighted by atomic mass is 10.1. The predicted octanol–water partition coefficient (Wildman–Crippen LogP) is 1.02. The number of hydrogen-bond donors (Lipinski definition) is 3. The molecule has 152 valence electrons. The summed E-state index contributed by atoms with van der Waals surface area (Å²) in [6.45, 7) is 2.78. The van der Waals surface area contributed by atoms with Gasteiger partial charge >= 0.3 is 0 Å². The number of amides is 2. The van der Waals surface area contributed by atoms with Crippen LogP contribution in [0.15, 0.2) is 12.4 Å². The van der Waals surface area contributed by atoms with Gasteiger partial charge in [-0.2, -0.15) is 0 Å². The van der Waals surface area contributed by atoms with E-state index >= 15 is 0 Å². The molecule has 1 aliphatic heterocycles. The number of H-pyrrole nitrogens is 1. The van der Waals surface area contributed by atoms with Gasteiger partial charge in [0.05, 0.1) is 5.92 Å². The first kappa shape index (κ1) is 21.5. The Kier molecular flexibility index (Phi) is 8.53. The molecule has 2 amide bonds. The van der Waals surface area contributed by atoms with Crippen LogP contribution < -0.4 is 10.2 Å². The van der Waals surface area contributed by atoms with Gasteiger partial charge in [-0.25, -0.2) is 4.98 Å². The van der Waals surface area contributed by atoms with Crippen molar-refractivity contribution in [1.29, 1.82) is 0 Å². The third-order valence-corrected chi connectivity index (χ3v) is 5.10. The number of carbonyl (C=O) groups excluding carboxylic acids is 2. The lowest BCUT2D eigenvalue weighted by molar-refractivity contribution is -0.126. The number of hydrogen-bond acceptors (Lipinski definition) is 7. The summed E-state index contributed by atoms with van der Waals surface area (Å²) in [6.07, 6.45) is 7.17. The molecule has 2 aromatic heterocycles. The number of aryl methyl sites for hydroxylation is 2. The molecule has 28 heavy (non-hydrogen) atoms. The van der Waals surface area contributed by atoms with Crippen LogP contribution in [0.2, 0.25) is 0 Å². The van der Waals surface area contributed by atoms with E-state index in [1.54, 1.807) is 17.3 Å². The van der Waals surface area contributed by atoms with Crippen LogP contribution in [0.4, 0.5) is 5.13 Å². The number of nitrogens with one attached hydrogen (secondary N) is 2. The average molecular weight is 408 g/mol. The summed E-state index contributed by atoms with van der Waals surface area (Å²) in [6, 6.07) is 0. The summed E-state index contributed by atoms with van der Waals surface area (Å²) in [5.41, 5.74) is 0. The lowest BCUT2D eigenvalue weighted by Gasteiger charge is -2.12. The van der Waals surface area contributed by atoms with Gasteiger partial charge in [0.1, 0.15) is 10.8 Å². The van der Waals surface area contributed by atoms with Crippen LogP contribution in [0.25, 0.3) is 0 Å². The van der Waals surface area contributed by atoms with Crippen molar-refractivity contribution in [3.63, 3.8) is 0 Å². The quantitative estimate of drug-likeness (QED) is 0.437. The number of carbonyl (C=O) groups is 3. The van der Waals surface area contributed by atoms with Crippen LogP contribution >= 0.6 is 11.3 Å². The number of carboxylic acid groups (broad SMARTS) is 1. The van der Waals surface area contributed by atoms with Crippen molar-refractivity contribution in [3.05, 3.63) is 23.2 Å². The maximum Gasteiger partial charge on any atom is 0.290 e. The minimum Gasteiger partial charge on any atom is -0.483 e. The van der Waals surface area contributed by atoms with Crippen LogP contribution in [0.5, 0.6) is 0 Å². The minimum atomic E-state index is -0.324. The van der Waals surface area contributed by atoms with Crippen LogP contribution in [0.1, 0.15) is 37.0 Å². The number of aromatic amines is 1. The van der Waals surface area contributed by atoms with E-state index in [1.807, 2.05) is 0 Å². The molecule has 0 saturated carbocycles. The highest BCUT2D eigenvalue weighted by Gasteiger charge is 2.36. The maximum atomic E-state index is 12.3. The zero-order valence-electron chi connectivity index (χ0n) is 15.6. The highest BCUT2D eigenvalue weighted by Crippen LogP contribution is 2.28. The first-order valence-corrected chi connectivity index (χ1v) is 9.87. The van der Waals surface area contributed by atoms with E-state index in [2.05, 4.69) is 32.4 Å². The molecule has 0 aliphatic carbocycles. The van der Waals surface area contributed by atoms with Crippen molar-refractivity contribution in [2.75, 3.05) is 18.0 Å². The van der Waals surface area contributed by atoms with E-state index in [-0.39, 0.29) is 30.6 Å². The second-order valence-electron chi connectivity index (χ2n) is 6.17. The first-order valence-electron chi connectivity index (χ1n) is 9.05. The van der Waals surface area contributed by atoms with Crippen molar-refractivity contribution in [1.82, 2.24) is 25.5 Å². The molecule has 10 nitrogen and oxygen atoms in total. The largest absolute Gasteiger partial charge is 0.483 e. The lowest BCUT2D eigenvalue weighted by Crippen LogP contribution is -2.33. The van der Waals surface area contributed by atoms with Crippen molar-refractivity contribution in [3.8, 4) is 0 Å². The summed E-state index contributed by atoms with van der Waals surface area (Å²) >= 11 is 1.43. The Morgan fingerprint density at radius 2 is 2.25 bits per heavy atom. The summed E-state index contributed by atoms with van der Waals surface area (Å²) in [5.74, 6) is 0.453. The fourth-order valence-electron chi connectivity index (χ4n) is 2.78.